The van der Waals surface area contributed by atoms with Crippen molar-refractivity contribution in [3.8, 4) is 22.9 Å². The standard InChI is InChI=1S/C17H27N3O3.C9H9N5O2/c1-11(2)8-12(3)19-17(18)20-16(21)10-13-6-7-14(22-4)15(9-13)23-5;15-9(16)10-5-6-2-1-3-7(4-6)8-11-13-14-12-8/h6-7,9,11-12H,8,10H2,1-5H3,(H3,18,19,20,21);1-4,10H,5H2,(H,15,16)(H,11,12,13,14)/t12-;/m1./s1. The lowest BCUT2D eigenvalue weighted by Crippen LogP contribution is -2.38. The number of ether oxygens (including phenoxy) is 2. The molecule has 0 spiro atoms. The Bertz CT molecular complexity index is 1230. The van der Waals surface area contributed by atoms with Crippen LogP contribution in [0.4, 0.5) is 4.79 Å². The third kappa shape index (κ3) is 11.1. The highest BCUT2D eigenvalue weighted by Gasteiger charge is 2.10. The van der Waals surface area contributed by atoms with Gasteiger partial charge < -0.3 is 25.6 Å². The molecule has 1 heterocycles. The normalized spacial score (nSPS) is 11.7. The van der Waals surface area contributed by atoms with E-state index < -0.39 is 6.09 Å². The Labute approximate surface area is 227 Å². The molecule has 0 aliphatic carbocycles. The molecular formula is C26H36N8O5. The van der Waals surface area contributed by atoms with E-state index in [1.54, 1.807) is 32.4 Å². The summed E-state index contributed by atoms with van der Waals surface area (Å²) in [5.74, 6) is 2.17. The Morgan fingerprint density at radius 2 is 1.82 bits per heavy atom. The van der Waals surface area contributed by atoms with Crippen LogP contribution in [0.3, 0.4) is 0 Å². The number of benzene rings is 2. The molecule has 0 radical (unpaired) electrons. The molecule has 13 nitrogen and oxygen atoms in total. The van der Waals surface area contributed by atoms with Crippen molar-refractivity contribution in [1.82, 2.24) is 31.3 Å². The first-order valence-corrected chi connectivity index (χ1v) is 12.2. The number of nitrogens with one attached hydrogen (secondary N) is 3. The van der Waals surface area contributed by atoms with E-state index in [-0.39, 0.29) is 30.9 Å². The number of tetrazole rings is 1. The van der Waals surface area contributed by atoms with E-state index in [0.29, 0.717) is 23.2 Å². The summed E-state index contributed by atoms with van der Waals surface area (Å²) in [6.45, 7) is 6.48. The topological polar surface area (TPSA) is 190 Å². The summed E-state index contributed by atoms with van der Waals surface area (Å²) in [6, 6.07) is 12.7. The minimum absolute atomic E-state index is 0.0800. The van der Waals surface area contributed by atoms with E-state index in [9.17, 15) is 9.59 Å². The maximum atomic E-state index is 12.0. The zero-order chi connectivity index (χ0) is 28.8. The highest BCUT2D eigenvalue weighted by molar-refractivity contribution is 5.97. The summed E-state index contributed by atoms with van der Waals surface area (Å²) >= 11 is 0. The zero-order valence-corrected chi connectivity index (χ0v) is 22.8. The van der Waals surface area contributed by atoms with Crippen LogP contribution < -0.4 is 25.8 Å². The average Bonchev–Trinajstić information content (AvgIpc) is 3.42. The van der Waals surface area contributed by atoms with Crippen molar-refractivity contribution in [2.45, 2.75) is 46.2 Å². The molecule has 13 heteroatoms. The van der Waals surface area contributed by atoms with Crippen molar-refractivity contribution in [3.63, 3.8) is 0 Å². The van der Waals surface area contributed by atoms with Crippen molar-refractivity contribution in [1.29, 1.82) is 0 Å². The third-order valence-corrected chi connectivity index (χ3v) is 5.23. The summed E-state index contributed by atoms with van der Waals surface area (Å²) in [5.41, 5.74) is 8.22. The molecule has 0 aliphatic rings. The van der Waals surface area contributed by atoms with Gasteiger partial charge in [0.2, 0.25) is 11.7 Å². The summed E-state index contributed by atoms with van der Waals surface area (Å²) in [5, 5.41) is 26.9. The van der Waals surface area contributed by atoms with E-state index in [1.165, 1.54) is 0 Å². The molecule has 0 saturated carbocycles. The second-order valence-corrected chi connectivity index (χ2v) is 9.00. The van der Waals surface area contributed by atoms with Gasteiger partial charge in [-0.15, -0.1) is 10.2 Å². The number of carbonyl (C=O) groups excluding carboxylic acids is 1. The molecule has 1 aromatic heterocycles. The minimum atomic E-state index is -1.05. The maximum Gasteiger partial charge on any atom is 0.404 e. The number of amides is 2. The van der Waals surface area contributed by atoms with Crippen LogP contribution in [0.2, 0.25) is 0 Å². The Kier molecular flexibility index (Phi) is 12.2. The number of aromatic amines is 1. The fraction of sp³-hybridized carbons (Fsp3) is 0.385. The molecule has 39 heavy (non-hydrogen) atoms. The number of H-pyrrole nitrogens is 1. The van der Waals surface area contributed by atoms with Crippen molar-refractivity contribution < 1.29 is 24.2 Å². The number of nitrogens with zero attached hydrogens (tertiary/aromatic N) is 4. The average molecular weight is 541 g/mol. The summed E-state index contributed by atoms with van der Waals surface area (Å²) in [7, 11) is 3.13. The lowest BCUT2D eigenvalue weighted by molar-refractivity contribution is -0.119. The smallest absolute Gasteiger partial charge is 0.404 e. The first-order chi connectivity index (χ1) is 18.6. The van der Waals surface area contributed by atoms with Gasteiger partial charge in [-0.05, 0) is 53.8 Å². The number of hydrogen-bond acceptors (Lipinski definition) is 8. The van der Waals surface area contributed by atoms with Gasteiger partial charge in [0.05, 0.1) is 26.7 Å². The van der Waals surface area contributed by atoms with Crippen LogP contribution in [0.15, 0.2) is 47.5 Å². The van der Waals surface area contributed by atoms with Gasteiger partial charge in [0.25, 0.3) is 0 Å². The number of aromatic nitrogens is 4. The Balaban J connectivity index is 0.000000290. The van der Waals surface area contributed by atoms with Crippen molar-refractivity contribution >= 4 is 18.0 Å². The van der Waals surface area contributed by atoms with Crippen LogP contribution in [0.1, 0.15) is 38.3 Å². The second-order valence-electron chi connectivity index (χ2n) is 9.00. The summed E-state index contributed by atoms with van der Waals surface area (Å²) < 4.78 is 10.4. The van der Waals surface area contributed by atoms with Gasteiger partial charge in [0, 0.05) is 12.1 Å². The fourth-order valence-electron chi connectivity index (χ4n) is 3.65. The van der Waals surface area contributed by atoms with Crippen LogP contribution >= 0.6 is 0 Å². The van der Waals surface area contributed by atoms with E-state index in [4.69, 9.17) is 20.3 Å². The van der Waals surface area contributed by atoms with Gasteiger partial charge in [-0.3, -0.25) is 15.1 Å². The Morgan fingerprint density at radius 1 is 1.08 bits per heavy atom. The van der Waals surface area contributed by atoms with Gasteiger partial charge >= 0.3 is 6.09 Å². The molecular weight excluding hydrogens is 504 g/mol. The van der Waals surface area contributed by atoms with E-state index in [2.05, 4.69) is 50.1 Å². The van der Waals surface area contributed by atoms with Crippen LogP contribution in [0, 0.1) is 5.92 Å². The summed E-state index contributed by atoms with van der Waals surface area (Å²) in [4.78, 5) is 26.6. The maximum absolute atomic E-state index is 12.0. The Morgan fingerprint density at radius 3 is 2.44 bits per heavy atom. The first-order valence-electron chi connectivity index (χ1n) is 12.2. The molecule has 2 amide bonds. The van der Waals surface area contributed by atoms with Crippen LogP contribution in [-0.2, 0) is 17.8 Å². The monoisotopic (exact) mass is 540 g/mol. The van der Waals surface area contributed by atoms with Crippen molar-refractivity contribution in [2.75, 3.05) is 14.2 Å². The summed E-state index contributed by atoms with van der Waals surface area (Å²) in [6.07, 6.45) is 0.0615. The lowest BCUT2D eigenvalue weighted by Gasteiger charge is -2.12. The Hall–Kier alpha value is -4.68. The highest BCUT2D eigenvalue weighted by Crippen LogP contribution is 2.27. The molecule has 0 bridgehead atoms. The largest absolute Gasteiger partial charge is 0.493 e. The molecule has 3 aromatic rings. The van der Waals surface area contributed by atoms with E-state index >= 15 is 0 Å². The first kappa shape index (κ1) is 30.5. The van der Waals surface area contributed by atoms with Gasteiger partial charge in [0.15, 0.2) is 17.5 Å². The second kappa shape index (κ2) is 15.5. The number of methoxy groups -OCH3 is 2. The van der Waals surface area contributed by atoms with Crippen molar-refractivity contribution in [2.24, 2.45) is 16.6 Å². The van der Waals surface area contributed by atoms with E-state index in [0.717, 1.165) is 23.1 Å². The number of nitrogens with two attached hydrogens (primary N) is 1. The number of rotatable bonds is 10. The lowest BCUT2D eigenvalue weighted by atomic mass is 10.1. The SMILES string of the molecule is COc1ccc(CC(=O)NC(N)=N[C@H](C)CC(C)C)cc1OC.O=C(O)NCc1cccc(-c2nn[nH]n2)c1. The molecule has 210 valence electrons. The van der Waals surface area contributed by atoms with Crippen LogP contribution in [0.25, 0.3) is 11.4 Å². The predicted octanol–water partition coefficient (Wildman–Crippen LogP) is 2.75. The molecule has 0 aliphatic heterocycles. The molecule has 6 N–H and O–H groups in total. The zero-order valence-electron chi connectivity index (χ0n) is 22.8. The third-order valence-electron chi connectivity index (χ3n) is 5.23. The van der Waals surface area contributed by atoms with Crippen molar-refractivity contribution in [3.05, 3.63) is 53.6 Å². The van der Waals surface area contributed by atoms with Crippen LogP contribution in [-0.4, -0.2) is 64.0 Å². The minimum Gasteiger partial charge on any atom is -0.493 e. The van der Waals surface area contributed by atoms with Gasteiger partial charge in [-0.25, -0.2) is 4.79 Å². The van der Waals surface area contributed by atoms with E-state index in [1.807, 2.05) is 31.2 Å². The molecule has 0 unspecified atom stereocenters. The number of carboxylic acid groups (broad SMARTS) is 1. The molecule has 0 fully saturated rings. The predicted molar refractivity (Wildman–Crippen MR) is 146 cm³/mol. The number of guanidine groups is 1. The molecule has 1 atom stereocenters. The van der Waals surface area contributed by atoms with Gasteiger partial charge in [-0.1, -0.05) is 38.1 Å². The van der Waals surface area contributed by atoms with Gasteiger partial charge in [-0.2, -0.15) is 5.21 Å². The number of aliphatic imine (C=N–C) groups is 1. The number of carbonyl (C=O) groups is 2. The number of hydrogen-bond donors (Lipinski definition) is 5. The molecule has 3 rings (SSSR count). The fourth-order valence-corrected chi connectivity index (χ4v) is 3.65. The van der Waals surface area contributed by atoms with Gasteiger partial charge in [0.1, 0.15) is 0 Å². The molecule has 2 aromatic carbocycles. The molecule has 0 saturated heterocycles. The highest BCUT2D eigenvalue weighted by atomic mass is 16.5. The van der Waals surface area contributed by atoms with Crippen LogP contribution in [0.5, 0.6) is 11.5 Å². The quantitative estimate of drug-likeness (QED) is 0.190.